The summed E-state index contributed by atoms with van der Waals surface area (Å²) in [6, 6.07) is 2.00. The Labute approximate surface area is 124 Å². The van der Waals surface area contributed by atoms with Gasteiger partial charge < -0.3 is 9.30 Å². The van der Waals surface area contributed by atoms with Gasteiger partial charge in [-0.2, -0.15) is 0 Å². The molecule has 0 N–H and O–H groups in total. The van der Waals surface area contributed by atoms with Gasteiger partial charge >= 0.3 is 0 Å². The maximum Gasteiger partial charge on any atom is 0.160 e. The Bertz CT molecular complexity index is 590. The molecule has 2 aromatic heterocycles. The third-order valence-electron chi connectivity index (χ3n) is 3.93. The summed E-state index contributed by atoms with van der Waals surface area (Å²) in [7, 11) is 0. The lowest BCUT2D eigenvalue weighted by Crippen LogP contribution is -2.12. The quantitative estimate of drug-likeness (QED) is 0.795. The number of aryl methyl sites for hydroxylation is 3. The maximum absolute atomic E-state index is 5.90. The molecule has 1 fully saturated rings. The third kappa shape index (κ3) is 2.67. The predicted molar refractivity (Wildman–Crippen MR) is 80.3 cm³/mol. The molecule has 108 valence electrons. The lowest BCUT2D eigenvalue weighted by molar-refractivity contribution is 0.100. The van der Waals surface area contributed by atoms with Gasteiger partial charge in [0.2, 0.25) is 0 Å². The van der Waals surface area contributed by atoms with E-state index in [9.17, 15) is 0 Å². The molecule has 0 aromatic carbocycles. The van der Waals surface area contributed by atoms with E-state index in [1.54, 1.807) is 0 Å². The molecule has 0 bridgehead atoms. The van der Waals surface area contributed by atoms with Gasteiger partial charge in [-0.05, 0) is 37.8 Å². The zero-order chi connectivity index (χ0) is 13.9. The fourth-order valence-electron chi connectivity index (χ4n) is 2.84. The lowest BCUT2D eigenvalue weighted by atomic mass is 10.2. The van der Waals surface area contributed by atoms with E-state index in [2.05, 4.69) is 16.5 Å². The van der Waals surface area contributed by atoms with Crippen LogP contribution in [0.5, 0.6) is 0 Å². The van der Waals surface area contributed by atoms with Crippen molar-refractivity contribution in [2.45, 2.75) is 45.3 Å². The summed E-state index contributed by atoms with van der Waals surface area (Å²) in [6.45, 7) is 3.89. The number of hydrogen-bond acceptors (Lipinski definition) is 3. The maximum atomic E-state index is 5.90. The van der Waals surface area contributed by atoms with E-state index in [1.807, 2.05) is 12.3 Å². The van der Waals surface area contributed by atoms with Crippen molar-refractivity contribution in [1.82, 2.24) is 14.5 Å². The number of pyridine rings is 1. The van der Waals surface area contributed by atoms with Gasteiger partial charge in [-0.15, -0.1) is 11.6 Å². The Balaban J connectivity index is 1.89. The minimum atomic E-state index is 0.390. The van der Waals surface area contributed by atoms with Crippen molar-refractivity contribution in [2.24, 2.45) is 0 Å². The van der Waals surface area contributed by atoms with Crippen LogP contribution < -0.4 is 0 Å². The summed E-state index contributed by atoms with van der Waals surface area (Å²) in [5.74, 6) is 1.62. The van der Waals surface area contributed by atoms with Crippen LogP contribution in [0.15, 0.2) is 12.3 Å². The van der Waals surface area contributed by atoms with E-state index in [-0.39, 0.29) is 0 Å². The Morgan fingerprint density at radius 1 is 1.50 bits per heavy atom. The Kier molecular flexibility index (Phi) is 4.22. The number of aromatic nitrogens is 3. The van der Waals surface area contributed by atoms with Crippen LogP contribution in [0.2, 0.25) is 0 Å². The number of rotatable bonds is 5. The summed E-state index contributed by atoms with van der Waals surface area (Å²) >= 11 is 5.90. The highest BCUT2D eigenvalue weighted by molar-refractivity contribution is 6.17. The molecular formula is C15H20ClN3O. The first-order chi connectivity index (χ1) is 9.79. The monoisotopic (exact) mass is 293 g/mol. The molecule has 3 heterocycles. The zero-order valence-corrected chi connectivity index (χ0v) is 12.6. The molecule has 1 aliphatic heterocycles. The summed E-state index contributed by atoms with van der Waals surface area (Å²) < 4.78 is 7.92. The Morgan fingerprint density at radius 2 is 2.40 bits per heavy atom. The van der Waals surface area contributed by atoms with E-state index < -0.39 is 0 Å². The second-order valence-corrected chi connectivity index (χ2v) is 5.72. The molecule has 1 atom stereocenters. The Morgan fingerprint density at radius 3 is 3.15 bits per heavy atom. The molecule has 5 heteroatoms. The van der Waals surface area contributed by atoms with Crippen molar-refractivity contribution in [3.05, 3.63) is 23.7 Å². The van der Waals surface area contributed by atoms with Crippen LogP contribution in [0.4, 0.5) is 0 Å². The van der Waals surface area contributed by atoms with Crippen molar-refractivity contribution < 1.29 is 4.74 Å². The highest BCUT2D eigenvalue weighted by Crippen LogP contribution is 2.21. The largest absolute Gasteiger partial charge is 0.378 e. The van der Waals surface area contributed by atoms with Gasteiger partial charge in [0, 0.05) is 31.6 Å². The molecule has 0 amide bonds. The molecule has 0 radical (unpaired) electrons. The lowest BCUT2D eigenvalue weighted by Gasteiger charge is -2.12. The van der Waals surface area contributed by atoms with E-state index in [0.717, 1.165) is 43.0 Å². The van der Waals surface area contributed by atoms with E-state index >= 15 is 0 Å². The topological polar surface area (TPSA) is 39.9 Å². The average Bonchev–Trinajstić information content (AvgIpc) is 3.05. The minimum absolute atomic E-state index is 0.390. The van der Waals surface area contributed by atoms with Crippen LogP contribution in [0.1, 0.15) is 30.7 Å². The predicted octanol–water partition coefficient (Wildman–Crippen LogP) is 3.09. The third-order valence-corrected chi connectivity index (χ3v) is 4.12. The first kappa shape index (κ1) is 13.8. The number of imidazole rings is 1. The van der Waals surface area contributed by atoms with Gasteiger partial charge in [0.15, 0.2) is 5.65 Å². The van der Waals surface area contributed by atoms with Gasteiger partial charge in [-0.1, -0.05) is 0 Å². The summed E-state index contributed by atoms with van der Waals surface area (Å²) in [5, 5.41) is 0. The van der Waals surface area contributed by atoms with Crippen LogP contribution >= 0.6 is 11.6 Å². The molecule has 1 saturated heterocycles. The molecule has 3 rings (SSSR count). The van der Waals surface area contributed by atoms with Crippen molar-refractivity contribution in [3.63, 3.8) is 0 Å². The normalized spacial score (nSPS) is 19.0. The standard InChI is InChI=1S/C15H20ClN3O/c1-11-5-8-17-15-14(11)18-13(4-7-16)19(15)9-6-12-3-2-10-20-12/h5,8,12H,2-4,6-7,9-10H2,1H3. The summed E-state index contributed by atoms with van der Waals surface area (Å²) in [5.41, 5.74) is 3.14. The van der Waals surface area contributed by atoms with Crippen molar-refractivity contribution in [3.8, 4) is 0 Å². The first-order valence-corrected chi connectivity index (χ1v) is 7.81. The zero-order valence-electron chi connectivity index (χ0n) is 11.8. The summed E-state index contributed by atoms with van der Waals surface area (Å²) in [6.07, 6.45) is 6.40. The van der Waals surface area contributed by atoms with E-state index in [0.29, 0.717) is 12.0 Å². The van der Waals surface area contributed by atoms with E-state index in [4.69, 9.17) is 21.3 Å². The number of ether oxygens (including phenoxy) is 1. The molecule has 1 unspecified atom stereocenters. The first-order valence-electron chi connectivity index (χ1n) is 7.28. The number of halogens is 1. The average molecular weight is 294 g/mol. The number of alkyl halides is 1. The molecule has 1 aliphatic rings. The van der Waals surface area contributed by atoms with Crippen LogP contribution in [-0.2, 0) is 17.7 Å². The van der Waals surface area contributed by atoms with Gasteiger partial charge in [0.05, 0.1) is 6.10 Å². The van der Waals surface area contributed by atoms with Gasteiger partial charge in [0.1, 0.15) is 11.3 Å². The van der Waals surface area contributed by atoms with Gasteiger partial charge in [0.25, 0.3) is 0 Å². The second kappa shape index (κ2) is 6.10. The van der Waals surface area contributed by atoms with Crippen LogP contribution in [0.3, 0.4) is 0 Å². The molecule has 20 heavy (non-hydrogen) atoms. The van der Waals surface area contributed by atoms with Gasteiger partial charge in [-0.25, -0.2) is 9.97 Å². The minimum Gasteiger partial charge on any atom is -0.378 e. The number of nitrogens with zero attached hydrogens (tertiary/aromatic N) is 3. The highest BCUT2D eigenvalue weighted by Gasteiger charge is 2.18. The summed E-state index contributed by atoms with van der Waals surface area (Å²) in [4.78, 5) is 9.23. The van der Waals surface area contributed by atoms with Gasteiger partial charge in [-0.3, -0.25) is 0 Å². The molecule has 2 aromatic rings. The van der Waals surface area contributed by atoms with E-state index in [1.165, 1.54) is 18.4 Å². The molecule has 4 nitrogen and oxygen atoms in total. The second-order valence-electron chi connectivity index (χ2n) is 5.34. The van der Waals surface area contributed by atoms with Crippen molar-refractivity contribution in [1.29, 1.82) is 0 Å². The number of hydrogen-bond donors (Lipinski definition) is 0. The van der Waals surface area contributed by atoms with Crippen LogP contribution in [0.25, 0.3) is 11.2 Å². The molecular weight excluding hydrogens is 274 g/mol. The fourth-order valence-corrected chi connectivity index (χ4v) is 3.01. The van der Waals surface area contributed by atoms with Crippen LogP contribution in [0, 0.1) is 6.92 Å². The Hall–Kier alpha value is -1.13. The number of fused-ring (bicyclic) bond motifs is 1. The van der Waals surface area contributed by atoms with Crippen molar-refractivity contribution in [2.75, 3.05) is 12.5 Å². The SMILES string of the molecule is Cc1ccnc2c1nc(CCCl)n2CCC1CCCO1. The van der Waals surface area contributed by atoms with Crippen molar-refractivity contribution >= 4 is 22.8 Å². The van der Waals surface area contributed by atoms with Crippen LogP contribution in [-0.4, -0.2) is 33.1 Å². The molecule has 0 saturated carbocycles. The highest BCUT2D eigenvalue weighted by atomic mass is 35.5. The molecule has 0 spiro atoms. The molecule has 0 aliphatic carbocycles. The smallest absolute Gasteiger partial charge is 0.160 e. The fraction of sp³-hybridized carbons (Fsp3) is 0.600.